The molecule has 0 saturated carbocycles. The van der Waals surface area contributed by atoms with Crippen LogP contribution < -0.4 is 15.8 Å². The molecular weight excluding hydrogens is 454 g/mol. The first-order valence-corrected chi connectivity index (χ1v) is 11.8. The Morgan fingerprint density at radius 1 is 1.24 bits per heavy atom. The third-order valence-corrected chi connectivity index (χ3v) is 7.23. The van der Waals surface area contributed by atoms with Crippen LogP contribution in [0.25, 0.3) is 16.6 Å². The Labute approximate surface area is 201 Å². The third kappa shape index (κ3) is 2.85. The monoisotopic (exact) mass is 477 g/mol. The number of nitrogens with zero attached hydrogens (tertiary/aromatic N) is 3. The summed E-state index contributed by atoms with van der Waals surface area (Å²) in [7, 11) is 0. The minimum Gasteiger partial charge on any atom is -0.462 e. The van der Waals surface area contributed by atoms with Crippen LogP contribution in [-0.2, 0) is 14.3 Å². The molecule has 0 radical (unpaired) electrons. The molecule has 3 aliphatic rings. The number of carbonyl (C=O) groups is 2. The van der Waals surface area contributed by atoms with E-state index in [4.69, 9.17) is 16.3 Å². The van der Waals surface area contributed by atoms with Crippen molar-refractivity contribution in [1.29, 1.82) is 0 Å². The van der Waals surface area contributed by atoms with E-state index in [1.807, 2.05) is 61.3 Å². The Hall–Kier alpha value is -3.36. The van der Waals surface area contributed by atoms with Gasteiger partial charge in [0.2, 0.25) is 0 Å². The van der Waals surface area contributed by atoms with Crippen LogP contribution in [0.15, 0.2) is 54.2 Å². The molecule has 1 aliphatic carbocycles. The quantitative estimate of drug-likeness (QED) is 0.326. The number of carbonyl (C=O) groups excluding carboxylic acids is 2. The van der Waals surface area contributed by atoms with Crippen LogP contribution in [-0.4, -0.2) is 39.8 Å². The van der Waals surface area contributed by atoms with Crippen LogP contribution in [0.2, 0.25) is 5.02 Å². The van der Waals surface area contributed by atoms with Gasteiger partial charge in [0.15, 0.2) is 5.78 Å². The summed E-state index contributed by atoms with van der Waals surface area (Å²) in [5.41, 5.74) is 5.77. The standard InChI is InChI=1S/C25H24ClN5O3/c1-3-4-12-34-24(33)18-22-19-20(23(18)32)29-31(16-10-8-15(26)9-11-16)25(19,2)28-17-7-5-6-14-13-27-30(22)21(14)17/h5-11,13,19-20,28-29H,3-4,12H2,1-2H3. The zero-order valence-electron chi connectivity index (χ0n) is 18.8. The molecule has 3 aromatic rings. The number of halogens is 1. The summed E-state index contributed by atoms with van der Waals surface area (Å²) >= 11 is 6.13. The predicted molar refractivity (Wildman–Crippen MR) is 130 cm³/mol. The molecule has 0 amide bonds. The van der Waals surface area contributed by atoms with E-state index in [9.17, 15) is 9.59 Å². The van der Waals surface area contributed by atoms with Crippen molar-refractivity contribution in [1.82, 2.24) is 15.2 Å². The van der Waals surface area contributed by atoms with E-state index in [1.165, 1.54) is 0 Å². The number of hydrogen-bond acceptors (Lipinski definition) is 7. The Balaban J connectivity index is 1.57. The van der Waals surface area contributed by atoms with Crippen LogP contribution >= 0.6 is 11.6 Å². The van der Waals surface area contributed by atoms with Crippen molar-refractivity contribution in [3.8, 4) is 0 Å². The van der Waals surface area contributed by atoms with E-state index in [-0.39, 0.29) is 18.0 Å². The molecule has 0 bridgehead atoms. The minimum atomic E-state index is -0.788. The number of nitrogens with one attached hydrogen (secondary N) is 2. The predicted octanol–water partition coefficient (Wildman–Crippen LogP) is 3.98. The van der Waals surface area contributed by atoms with Gasteiger partial charge in [0.1, 0.15) is 17.3 Å². The molecular formula is C25H24ClN5O3. The molecule has 2 aromatic carbocycles. The first-order chi connectivity index (χ1) is 16.4. The van der Waals surface area contributed by atoms with Gasteiger partial charge in [-0.25, -0.2) is 14.9 Å². The van der Waals surface area contributed by atoms with Crippen molar-refractivity contribution < 1.29 is 14.3 Å². The number of rotatable bonds is 5. The highest BCUT2D eigenvalue weighted by atomic mass is 35.5. The molecule has 3 atom stereocenters. The molecule has 1 fully saturated rings. The topological polar surface area (TPSA) is 88.5 Å². The van der Waals surface area contributed by atoms with Gasteiger partial charge in [-0.2, -0.15) is 5.10 Å². The zero-order chi connectivity index (χ0) is 23.6. The number of esters is 1. The SMILES string of the molecule is CCCCOC(=O)C1=C2C3C(NN(c4ccc(Cl)cc4)C3(C)Nc3cccc4cnn2c34)C1=O. The molecule has 1 saturated heterocycles. The molecule has 9 heteroatoms. The zero-order valence-corrected chi connectivity index (χ0v) is 19.6. The maximum atomic E-state index is 13.7. The lowest BCUT2D eigenvalue weighted by atomic mass is 9.89. The number of Topliss-reactive ketones (excluding diaryl/α,β-unsaturated/α-hetero) is 1. The third-order valence-electron chi connectivity index (χ3n) is 6.98. The van der Waals surface area contributed by atoms with Gasteiger partial charge in [-0.05, 0) is 43.7 Å². The lowest BCUT2D eigenvalue weighted by Gasteiger charge is -2.40. The molecule has 0 spiro atoms. The van der Waals surface area contributed by atoms with Crippen molar-refractivity contribution >= 4 is 51.3 Å². The number of unbranched alkanes of at least 4 members (excludes halogenated alkanes) is 1. The fourth-order valence-electron chi connectivity index (χ4n) is 5.41. The molecule has 2 N–H and O–H groups in total. The first-order valence-electron chi connectivity index (χ1n) is 11.5. The lowest BCUT2D eigenvalue weighted by molar-refractivity contribution is -0.140. The second-order valence-corrected chi connectivity index (χ2v) is 9.52. The number of hydrazine groups is 1. The summed E-state index contributed by atoms with van der Waals surface area (Å²) in [6.45, 7) is 4.33. The number of para-hydroxylation sites is 1. The second kappa shape index (κ2) is 7.58. The number of hydrogen-bond donors (Lipinski definition) is 2. The molecule has 1 aromatic heterocycles. The van der Waals surface area contributed by atoms with E-state index in [1.54, 1.807) is 10.9 Å². The summed E-state index contributed by atoms with van der Waals surface area (Å²) < 4.78 is 7.26. The van der Waals surface area contributed by atoms with Crippen molar-refractivity contribution in [3.63, 3.8) is 0 Å². The van der Waals surface area contributed by atoms with Crippen molar-refractivity contribution in [3.05, 3.63) is 59.3 Å². The fraction of sp³-hybridized carbons (Fsp3) is 0.320. The highest BCUT2D eigenvalue weighted by molar-refractivity contribution is 6.30. The number of ketones is 1. The van der Waals surface area contributed by atoms with Crippen molar-refractivity contribution in [2.45, 2.75) is 38.4 Å². The number of fused-ring (bicyclic) bond motifs is 1. The molecule has 174 valence electrons. The van der Waals surface area contributed by atoms with E-state index in [2.05, 4.69) is 15.8 Å². The molecule has 6 rings (SSSR count). The van der Waals surface area contributed by atoms with Gasteiger partial charge in [0.05, 0.1) is 41.3 Å². The molecule has 34 heavy (non-hydrogen) atoms. The highest BCUT2D eigenvalue weighted by Crippen LogP contribution is 2.51. The summed E-state index contributed by atoms with van der Waals surface area (Å²) in [4.78, 5) is 26.9. The fourth-order valence-corrected chi connectivity index (χ4v) is 5.54. The Bertz CT molecular complexity index is 1360. The average Bonchev–Trinajstić information content (AvgIpc) is 3.44. The Morgan fingerprint density at radius 3 is 2.79 bits per heavy atom. The van der Waals surface area contributed by atoms with Gasteiger partial charge in [0.25, 0.3) is 0 Å². The molecule has 8 nitrogen and oxygen atoms in total. The van der Waals surface area contributed by atoms with Gasteiger partial charge < -0.3 is 10.1 Å². The second-order valence-electron chi connectivity index (χ2n) is 9.08. The van der Waals surface area contributed by atoms with Gasteiger partial charge in [-0.1, -0.05) is 37.1 Å². The summed E-state index contributed by atoms with van der Waals surface area (Å²) in [6.07, 6.45) is 3.39. The summed E-state index contributed by atoms with van der Waals surface area (Å²) in [5.74, 6) is -1.28. The van der Waals surface area contributed by atoms with Gasteiger partial charge in [-0.3, -0.25) is 9.80 Å². The van der Waals surface area contributed by atoms with Crippen molar-refractivity contribution in [2.75, 3.05) is 16.9 Å². The number of anilines is 2. The Morgan fingerprint density at radius 2 is 2.03 bits per heavy atom. The molecule has 3 unspecified atom stereocenters. The van der Waals surface area contributed by atoms with E-state index < -0.39 is 23.6 Å². The summed E-state index contributed by atoms with van der Waals surface area (Å²) in [6, 6.07) is 12.7. The first kappa shape index (κ1) is 21.2. The molecule has 2 aliphatic heterocycles. The van der Waals surface area contributed by atoms with Gasteiger partial charge >= 0.3 is 5.97 Å². The maximum Gasteiger partial charge on any atom is 0.343 e. The van der Waals surface area contributed by atoms with E-state index >= 15 is 0 Å². The molecule has 3 heterocycles. The number of benzene rings is 2. The normalized spacial score (nSPS) is 24.9. The van der Waals surface area contributed by atoms with E-state index in [0.29, 0.717) is 10.7 Å². The Kier molecular flexibility index (Phi) is 4.72. The summed E-state index contributed by atoms with van der Waals surface area (Å²) in [5, 5.41) is 11.8. The minimum absolute atomic E-state index is 0.0732. The van der Waals surface area contributed by atoms with Crippen LogP contribution in [0.3, 0.4) is 0 Å². The van der Waals surface area contributed by atoms with Crippen LogP contribution in [0.1, 0.15) is 26.7 Å². The smallest absolute Gasteiger partial charge is 0.343 e. The largest absolute Gasteiger partial charge is 0.462 e. The number of aromatic nitrogens is 2. The lowest BCUT2D eigenvalue weighted by Crippen LogP contribution is -2.55. The maximum absolute atomic E-state index is 13.7. The highest BCUT2D eigenvalue weighted by Gasteiger charge is 2.63. The van der Waals surface area contributed by atoms with E-state index in [0.717, 1.165) is 35.1 Å². The number of ether oxygens (including phenoxy) is 1. The van der Waals surface area contributed by atoms with Crippen molar-refractivity contribution in [2.24, 2.45) is 5.92 Å². The van der Waals surface area contributed by atoms with Gasteiger partial charge in [-0.15, -0.1) is 0 Å². The van der Waals surface area contributed by atoms with Gasteiger partial charge in [0, 0.05) is 10.4 Å². The van der Waals surface area contributed by atoms with Crippen LogP contribution in [0, 0.1) is 5.92 Å². The average molecular weight is 478 g/mol. The van der Waals surface area contributed by atoms with Crippen LogP contribution in [0.5, 0.6) is 0 Å². The van der Waals surface area contributed by atoms with Crippen LogP contribution in [0.4, 0.5) is 11.4 Å².